The van der Waals surface area contributed by atoms with Crippen molar-refractivity contribution < 1.29 is 9.53 Å². The van der Waals surface area contributed by atoms with Crippen molar-refractivity contribution in [3.8, 4) is 5.75 Å². The topological polar surface area (TPSA) is 56.1 Å². The molecular formula is C19H20ClN3O2S. The van der Waals surface area contributed by atoms with Gasteiger partial charge in [-0.1, -0.05) is 11.6 Å². The lowest BCUT2D eigenvalue weighted by atomic mass is 10.2. The molecule has 2 heterocycles. The Morgan fingerprint density at radius 2 is 2.27 bits per heavy atom. The lowest BCUT2D eigenvalue weighted by molar-refractivity contribution is 0.0940. The average Bonchev–Trinajstić information content (AvgIpc) is 3.27. The lowest BCUT2D eigenvalue weighted by Gasteiger charge is -2.13. The van der Waals surface area contributed by atoms with Crippen LogP contribution in [-0.4, -0.2) is 21.7 Å². The summed E-state index contributed by atoms with van der Waals surface area (Å²) in [5.74, 6) is 0.681. The Morgan fingerprint density at radius 3 is 3.00 bits per heavy atom. The number of aryl methyl sites for hydroxylation is 1. The van der Waals surface area contributed by atoms with Crippen molar-refractivity contribution in [1.82, 2.24) is 15.1 Å². The Morgan fingerprint density at radius 1 is 1.42 bits per heavy atom. The molecule has 136 valence electrons. The molecule has 0 aliphatic rings. The molecule has 26 heavy (non-hydrogen) atoms. The monoisotopic (exact) mass is 389 g/mol. The van der Waals surface area contributed by atoms with Crippen molar-refractivity contribution in [1.29, 1.82) is 0 Å². The Hall–Kier alpha value is -2.31. The molecule has 1 aromatic carbocycles. The molecule has 0 aliphatic carbocycles. The molecule has 7 heteroatoms. The van der Waals surface area contributed by atoms with E-state index in [1.165, 1.54) is 11.3 Å². The SMILES string of the molecule is Cc1cc(OCc2csc(C(=O)NC(C)Cn3cccn3)c2)ccc1Cl. The summed E-state index contributed by atoms with van der Waals surface area (Å²) in [6, 6.07) is 9.28. The Balaban J connectivity index is 1.53. The zero-order valence-corrected chi connectivity index (χ0v) is 16.2. The summed E-state index contributed by atoms with van der Waals surface area (Å²) >= 11 is 7.43. The molecule has 0 spiro atoms. The van der Waals surface area contributed by atoms with Gasteiger partial charge in [0.2, 0.25) is 0 Å². The van der Waals surface area contributed by atoms with Crippen molar-refractivity contribution >= 4 is 28.8 Å². The van der Waals surface area contributed by atoms with Gasteiger partial charge in [-0.05, 0) is 55.1 Å². The molecule has 1 unspecified atom stereocenters. The maximum Gasteiger partial charge on any atom is 0.261 e. The predicted octanol–water partition coefficient (Wildman–Crippen LogP) is 4.30. The maximum atomic E-state index is 12.4. The lowest BCUT2D eigenvalue weighted by Crippen LogP contribution is -2.35. The molecule has 0 aliphatic heterocycles. The highest BCUT2D eigenvalue weighted by Gasteiger charge is 2.13. The second-order valence-electron chi connectivity index (χ2n) is 6.12. The van der Waals surface area contributed by atoms with E-state index in [0.29, 0.717) is 18.0 Å². The molecule has 0 radical (unpaired) electrons. The van der Waals surface area contributed by atoms with Gasteiger partial charge in [-0.3, -0.25) is 9.48 Å². The molecule has 0 bridgehead atoms. The fourth-order valence-corrected chi connectivity index (χ4v) is 3.39. The number of aromatic nitrogens is 2. The van der Waals surface area contributed by atoms with Crippen LogP contribution in [0.3, 0.4) is 0 Å². The molecule has 0 fully saturated rings. The molecule has 2 aromatic heterocycles. The van der Waals surface area contributed by atoms with E-state index in [-0.39, 0.29) is 11.9 Å². The van der Waals surface area contributed by atoms with Crippen LogP contribution in [0, 0.1) is 6.92 Å². The number of hydrogen-bond acceptors (Lipinski definition) is 4. The molecule has 1 N–H and O–H groups in total. The van der Waals surface area contributed by atoms with Gasteiger partial charge in [-0.15, -0.1) is 11.3 Å². The first-order valence-corrected chi connectivity index (χ1v) is 9.51. The molecule has 3 aromatic rings. The number of nitrogens with zero attached hydrogens (tertiary/aromatic N) is 2. The Kier molecular flexibility index (Phi) is 5.96. The van der Waals surface area contributed by atoms with E-state index in [2.05, 4.69) is 10.4 Å². The van der Waals surface area contributed by atoms with Crippen molar-refractivity contribution in [3.63, 3.8) is 0 Å². The van der Waals surface area contributed by atoms with Crippen molar-refractivity contribution in [3.05, 3.63) is 69.1 Å². The largest absolute Gasteiger partial charge is 0.489 e. The Bertz CT molecular complexity index is 877. The van der Waals surface area contributed by atoms with Crippen LogP contribution in [0.25, 0.3) is 0 Å². The number of rotatable bonds is 7. The number of ether oxygens (including phenoxy) is 1. The Labute approximate surface area is 161 Å². The van der Waals surface area contributed by atoms with E-state index < -0.39 is 0 Å². The van der Waals surface area contributed by atoms with Crippen LogP contribution in [-0.2, 0) is 13.2 Å². The van der Waals surface area contributed by atoms with E-state index in [1.807, 2.05) is 55.8 Å². The van der Waals surface area contributed by atoms with Crippen molar-refractivity contribution in [2.75, 3.05) is 0 Å². The predicted molar refractivity (Wildman–Crippen MR) is 104 cm³/mol. The zero-order valence-electron chi connectivity index (χ0n) is 14.6. The van der Waals surface area contributed by atoms with E-state index in [0.717, 1.165) is 21.9 Å². The molecule has 5 nitrogen and oxygen atoms in total. The van der Waals surface area contributed by atoms with Gasteiger partial charge in [0.05, 0.1) is 11.4 Å². The van der Waals surface area contributed by atoms with Gasteiger partial charge >= 0.3 is 0 Å². The minimum absolute atomic E-state index is 0.0127. The van der Waals surface area contributed by atoms with Crippen molar-refractivity contribution in [2.24, 2.45) is 0 Å². The van der Waals surface area contributed by atoms with Gasteiger partial charge in [0, 0.05) is 29.0 Å². The summed E-state index contributed by atoms with van der Waals surface area (Å²) in [5.41, 5.74) is 1.94. The fourth-order valence-electron chi connectivity index (χ4n) is 2.47. The standard InChI is InChI=1S/C19H20ClN3O2S/c1-13-8-16(4-5-17(13)20)25-11-15-9-18(26-12-15)19(24)22-14(2)10-23-7-3-6-21-23/h3-9,12,14H,10-11H2,1-2H3,(H,22,24). The molecule has 1 atom stereocenters. The smallest absolute Gasteiger partial charge is 0.261 e. The molecule has 0 saturated heterocycles. The van der Waals surface area contributed by atoms with Crippen LogP contribution in [0.2, 0.25) is 5.02 Å². The quantitative estimate of drug-likeness (QED) is 0.655. The van der Waals surface area contributed by atoms with Gasteiger partial charge in [-0.2, -0.15) is 5.10 Å². The van der Waals surface area contributed by atoms with Gasteiger partial charge in [0.25, 0.3) is 5.91 Å². The summed E-state index contributed by atoms with van der Waals surface area (Å²) in [7, 11) is 0. The second kappa shape index (κ2) is 8.38. The first-order chi connectivity index (χ1) is 12.5. The summed E-state index contributed by atoms with van der Waals surface area (Å²) < 4.78 is 7.58. The number of halogens is 1. The number of carbonyl (C=O) groups is 1. The molecule has 1 amide bonds. The van der Waals surface area contributed by atoms with E-state index >= 15 is 0 Å². The van der Waals surface area contributed by atoms with Gasteiger partial charge in [-0.25, -0.2) is 0 Å². The summed E-state index contributed by atoms with van der Waals surface area (Å²) in [6.45, 7) is 4.94. The third-order valence-corrected chi connectivity index (χ3v) is 5.21. The van der Waals surface area contributed by atoms with Gasteiger partial charge in [0.1, 0.15) is 12.4 Å². The normalized spacial score (nSPS) is 12.0. The van der Waals surface area contributed by atoms with Crippen LogP contribution in [0.4, 0.5) is 0 Å². The highest BCUT2D eigenvalue weighted by molar-refractivity contribution is 7.12. The van der Waals surface area contributed by atoms with E-state index in [9.17, 15) is 4.79 Å². The first-order valence-electron chi connectivity index (χ1n) is 8.26. The minimum atomic E-state index is -0.0803. The number of hydrogen-bond donors (Lipinski definition) is 1. The fraction of sp³-hybridized carbons (Fsp3) is 0.263. The van der Waals surface area contributed by atoms with Crippen molar-refractivity contribution in [2.45, 2.75) is 33.0 Å². The van der Waals surface area contributed by atoms with Gasteiger partial charge < -0.3 is 10.1 Å². The number of carbonyl (C=O) groups excluding carboxylic acids is 1. The highest BCUT2D eigenvalue weighted by Crippen LogP contribution is 2.23. The van der Waals surface area contributed by atoms with Crippen LogP contribution in [0.15, 0.2) is 48.1 Å². The van der Waals surface area contributed by atoms with E-state index in [4.69, 9.17) is 16.3 Å². The number of thiophene rings is 1. The van der Waals surface area contributed by atoms with Crippen LogP contribution in [0.5, 0.6) is 5.75 Å². The molecule has 3 rings (SSSR count). The van der Waals surface area contributed by atoms with Gasteiger partial charge in [0.15, 0.2) is 0 Å². The second-order valence-corrected chi connectivity index (χ2v) is 7.44. The summed E-state index contributed by atoms with van der Waals surface area (Å²) in [4.78, 5) is 13.0. The van der Waals surface area contributed by atoms with Crippen LogP contribution < -0.4 is 10.1 Å². The average molecular weight is 390 g/mol. The van der Waals surface area contributed by atoms with E-state index in [1.54, 1.807) is 10.9 Å². The zero-order chi connectivity index (χ0) is 18.5. The number of benzene rings is 1. The summed E-state index contributed by atoms with van der Waals surface area (Å²) in [6.07, 6.45) is 3.60. The number of nitrogens with one attached hydrogen (secondary N) is 1. The van der Waals surface area contributed by atoms with Crippen LogP contribution >= 0.6 is 22.9 Å². The summed E-state index contributed by atoms with van der Waals surface area (Å²) in [5, 5.41) is 9.80. The number of amides is 1. The first kappa shape index (κ1) is 18.5. The molecule has 0 saturated carbocycles. The third-order valence-electron chi connectivity index (χ3n) is 3.81. The highest BCUT2D eigenvalue weighted by atomic mass is 35.5. The molecular weight excluding hydrogens is 370 g/mol. The third kappa shape index (κ3) is 4.86. The van der Waals surface area contributed by atoms with Crippen LogP contribution in [0.1, 0.15) is 27.7 Å². The minimum Gasteiger partial charge on any atom is -0.489 e. The maximum absolute atomic E-state index is 12.4.